The lowest BCUT2D eigenvalue weighted by Crippen LogP contribution is -2.36. The van der Waals surface area contributed by atoms with Gasteiger partial charge in [0, 0.05) is 18.3 Å². The fraction of sp³-hybridized carbons (Fsp3) is 0.286. The molecule has 20 heavy (non-hydrogen) atoms. The Labute approximate surface area is 123 Å². The normalized spacial score (nSPS) is 12.2. The van der Waals surface area contributed by atoms with Crippen molar-refractivity contribution in [1.82, 2.24) is 4.31 Å². The monoisotopic (exact) mass is 310 g/mol. The smallest absolute Gasteiger partial charge is 0.253 e. The molecule has 1 heterocycles. The van der Waals surface area contributed by atoms with Crippen molar-refractivity contribution in [3.05, 3.63) is 47.3 Å². The molecular formula is C14H18N2O2S2. The number of hydrogen-bond donors (Lipinski definition) is 1. The maximum Gasteiger partial charge on any atom is 0.253 e. The molecule has 108 valence electrons. The van der Waals surface area contributed by atoms with Crippen LogP contribution in [0.3, 0.4) is 0 Å². The highest BCUT2D eigenvalue weighted by Gasteiger charge is 2.27. The highest BCUT2D eigenvalue weighted by atomic mass is 32.2. The first-order chi connectivity index (χ1) is 9.41. The second-order valence-corrected chi connectivity index (χ2v) is 7.88. The van der Waals surface area contributed by atoms with E-state index in [-0.39, 0.29) is 6.04 Å². The Balaban J connectivity index is 2.30. The molecule has 2 aromatic rings. The van der Waals surface area contributed by atoms with Crippen molar-refractivity contribution in [2.75, 3.05) is 5.73 Å². The minimum absolute atomic E-state index is 0.111. The summed E-state index contributed by atoms with van der Waals surface area (Å²) in [6.07, 6.45) is 0. The lowest BCUT2D eigenvalue weighted by atomic mass is 10.2. The van der Waals surface area contributed by atoms with Gasteiger partial charge in [0.05, 0.1) is 0 Å². The van der Waals surface area contributed by atoms with Crippen molar-refractivity contribution < 1.29 is 8.42 Å². The van der Waals surface area contributed by atoms with Crippen molar-refractivity contribution in [3.8, 4) is 0 Å². The molecule has 2 N–H and O–H groups in total. The van der Waals surface area contributed by atoms with Gasteiger partial charge in [0.2, 0.25) is 0 Å². The van der Waals surface area contributed by atoms with Gasteiger partial charge in [0.25, 0.3) is 10.0 Å². The molecule has 0 fully saturated rings. The van der Waals surface area contributed by atoms with Crippen molar-refractivity contribution in [3.63, 3.8) is 0 Å². The number of rotatable bonds is 5. The molecule has 0 amide bonds. The maximum atomic E-state index is 12.6. The average Bonchev–Trinajstić information content (AvgIpc) is 2.92. The number of benzene rings is 1. The molecule has 0 aliphatic carbocycles. The third kappa shape index (κ3) is 3.20. The number of hydrogen-bond acceptors (Lipinski definition) is 4. The van der Waals surface area contributed by atoms with Crippen molar-refractivity contribution >= 4 is 27.0 Å². The summed E-state index contributed by atoms with van der Waals surface area (Å²) < 4.78 is 27.1. The molecule has 4 nitrogen and oxygen atoms in total. The van der Waals surface area contributed by atoms with E-state index < -0.39 is 10.0 Å². The molecule has 0 saturated carbocycles. The van der Waals surface area contributed by atoms with E-state index in [2.05, 4.69) is 0 Å². The highest BCUT2D eigenvalue weighted by Crippen LogP contribution is 2.24. The SMILES string of the molecule is CC(C)N(Cc1ccc(N)cc1)S(=O)(=O)c1cccs1. The fourth-order valence-corrected chi connectivity index (χ4v) is 4.62. The summed E-state index contributed by atoms with van der Waals surface area (Å²) in [5.41, 5.74) is 7.25. The predicted octanol–water partition coefficient (Wildman–Crippen LogP) is 2.93. The fourth-order valence-electron chi connectivity index (χ4n) is 1.87. The molecule has 0 saturated heterocycles. The van der Waals surface area contributed by atoms with Gasteiger partial charge in [-0.05, 0) is 43.0 Å². The van der Waals surface area contributed by atoms with Gasteiger partial charge in [0.15, 0.2) is 0 Å². The zero-order valence-corrected chi connectivity index (χ0v) is 13.1. The Morgan fingerprint density at radius 3 is 2.35 bits per heavy atom. The zero-order chi connectivity index (χ0) is 14.8. The third-order valence-corrected chi connectivity index (χ3v) is 6.35. The summed E-state index contributed by atoms with van der Waals surface area (Å²) in [5.74, 6) is 0. The first-order valence-electron chi connectivity index (χ1n) is 6.31. The average molecular weight is 310 g/mol. The molecule has 2 rings (SSSR count). The minimum Gasteiger partial charge on any atom is -0.399 e. The van der Waals surface area contributed by atoms with Crippen LogP contribution in [0.25, 0.3) is 0 Å². The summed E-state index contributed by atoms with van der Waals surface area (Å²) in [7, 11) is -3.44. The topological polar surface area (TPSA) is 63.4 Å². The van der Waals surface area contributed by atoms with Gasteiger partial charge in [-0.3, -0.25) is 0 Å². The largest absolute Gasteiger partial charge is 0.399 e. The zero-order valence-electron chi connectivity index (χ0n) is 11.5. The van der Waals surface area contributed by atoms with Gasteiger partial charge in [-0.1, -0.05) is 18.2 Å². The summed E-state index contributed by atoms with van der Waals surface area (Å²) in [4.78, 5) is 0. The van der Waals surface area contributed by atoms with Crippen LogP contribution in [0.5, 0.6) is 0 Å². The number of nitrogens with two attached hydrogens (primary N) is 1. The molecule has 0 bridgehead atoms. The van der Waals surface area contributed by atoms with Gasteiger partial charge < -0.3 is 5.73 Å². The van der Waals surface area contributed by atoms with E-state index in [1.807, 2.05) is 26.0 Å². The summed E-state index contributed by atoms with van der Waals surface area (Å²) in [6, 6.07) is 10.6. The van der Waals surface area contributed by atoms with Crippen LogP contribution in [0.2, 0.25) is 0 Å². The van der Waals surface area contributed by atoms with Gasteiger partial charge >= 0.3 is 0 Å². The third-order valence-electron chi connectivity index (χ3n) is 2.95. The lowest BCUT2D eigenvalue weighted by molar-refractivity contribution is 0.349. The Kier molecular flexibility index (Phi) is 4.47. The molecule has 0 radical (unpaired) electrons. The van der Waals surface area contributed by atoms with Crippen molar-refractivity contribution in [2.24, 2.45) is 0 Å². The van der Waals surface area contributed by atoms with E-state index in [1.54, 1.807) is 29.6 Å². The number of nitrogen functional groups attached to an aromatic ring is 1. The lowest BCUT2D eigenvalue weighted by Gasteiger charge is -2.25. The van der Waals surface area contributed by atoms with Crippen molar-refractivity contribution in [1.29, 1.82) is 0 Å². The van der Waals surface area contributed by atoms with Crippen LogP contribution >= 0.6 is 11.3 Å². The number of nitrogens with zero attached hydrogens (tertiary/aromatic N) is 1. The van der Waals surface area contributed by atoms with Gasteiger partial charge in [-0.25, -0.2) is 8.42 Å². The Bertz CT molecular complexity index is 647. The van der Waals surface area contributed by atoms with Crippen LogP contribution in [0, 0.1) is 0 Å². The van der Waals surface area contributed by atoms with E-state index in [4.69, 9.17) is 5.73 Å². The van der Waals surface area contributed by atoms with E-state index in [9.17, 15) is 8.42 Å². The summed E-state index contributed by atoms with van der Waals surface area (Å²) in [6.45, 7) is 4.10. The van der Waals surface area contributed by atoms with Crippen LogP contribution in [-0.2, 0) is 16.6 Å². The van der Waals surface area contributed by atoms with Gasteiger partial charge in [-0.2, -0.15) is 4.31 Å². The first-order valence-corrected chi connectivity index (χ1v) is 8.63. The Morgan fingerprint density at radius 2 is 1.85 bits per heavy atom. The highest BCUT2D eigenvalue weighted by molar-refractivity contribution is 7.91. The second kappa shape index (κ2) is 5.95. The van der Waals surface area contributed by atoms with Crippen LogP contribution in [0.1, 0.15) is 19.4 Å². The maximum absolute atomic E-state index is 12.6. The molecule has 0 unspecified atom stereocenters. The van der Waals surface area contributed by atoms with E-state index in [0.717, 1.165) is 5.56 Å². The van der Waals surface area contributed by atoms with Crippen LogP contribution in [0.4, 0.5) is 5.69 Å². The van der Waals surface area contributed by atoms with Gasteiger partial charge in [-0.15, -0.1) is 11.3 Å². The van der Waals surface area contributed by atoms with Crippen LogP contribution < -0.4 is 5.73 Å². The number of thiophene rings is 1. The second-order valence-electron chi connectivity index (χ2n) is 4.82. The minimum atomic E-state index is -3.44. The van der Waals surface area contributed by atoms with Crippen LogP contribution in [-0.4, -0.2) is 18.8 Å². The standard InChI is InChI=1S/C14H18N2O2S2/c1-11(2)16(10-12-5-7-13(15)8-6-12)20(17,18)14-4-3-9-19-14/h3-9,11H,10,15H2,1-2H3. The first kappa shape index (κ1) is 15.0. The van der Waals surface area contributed by atoms with E-state index in [1.165, 1.54) is 15.6 Å². The molecule has 1 aromatic heterocycles. The molecule has 0 aliphatic heterocycles. The summed E-state index contributed by atoms with van der Waals surface area (Å²) >= 11 is 1.24. The Morgan fingerprint density at radius 1 is 1.20 bits per heavy atom. The molecule has 0 spiro atoms. The van der Waals surface area contributed by atoms with Crippen LogP contribution in [0.15, 0.2) is 46.0 Å². The van der Waals surface area contributed by atoms with E-state index in [0.29, 0.717) is 16.4 Å². The quantitative estimate of drug-likeness (QED) is 0.864. The number of anilines is 1. The molecule has 0 atom stereocenters. The molecule has 6 heteroatoms. The Hall–Kier alpha value is -1.37. The molecular weight excluding hydrogens is 292 g/mol. The number of sulfonamides is 1. The van der Waals surface area contributed by atoms with E-state index >= 15 is 0 Å². The predicted molar refractivity (Wildman–Crippen MR) is 83.0 cm³/mol. The van der Waals surface area contributed by atoms with Gasteiger partial charge in [0.1, 0.15) is 4.21 Å². The van der Waals surface area contributed by atoms with Crippen molar-refractivity contribution in [2.45, 2.75) is 30.6 Å². The summed E-state index contributed by atoms with van der Waals surface area (Å²) in [5, 5.41) is 1.77. The molecule has 0 aliphatic rings. The molecule has 1 aromatic carbocycles.